The molecule has 0 atom stereocenters. The molecule has 0 aliphatic rings. The van der Waals surface area contributed by atoms with E-state index in [1.807, 2.05) is 18.2 Å². The van der Waals surface area contributed by atoms with E-state index in [-0.39, 0.29) is 11.1 Å². The van der Waals surface area contributed by atoms with Crippen molar-refractivity contribution in [3.8, 4) is 0 Å². The molecular weight excluding hydrogens is 312 g/mol. The molecule has 0 aliphatic heterocycles. The first kappa shape index (κ1) is 9.93. The molecule has 0 N–H and O–H groups in total. The van der Waals surface area contributed by atoms with Gasteiger partial charge in [0.15, 0.2) is 5.76 Å². The van der Waals surface area contributed by atoms with Crippen LogP contribution in [0.5, 0.6) is 0 Å². The number of furan rings is 1. The van der Waals surface area contributed by atoms with Gasteiger partial charge >= 0.3 is 0 Å². The summed E-state index contributed by atoms with van der Waals surface area (Å²) in [6, 6.07) is 7.40. The van der Waals surface area contributed by atoms with Crippen molar-refractivity contribution in [2.24, 2.45) is 0 Å². The molecule has 0 aliphatic carbocycles. The van der Waals surface area contributed by atoms with Gasteiger partial charge < -0.3 is 4.42 Å². The molecule has 0 fully saturated rings. The molecule has 2 aromatic rings. The van der Waals surface area contributed by atoms with Gasteiger partial charge in [-0.05, 0) is 24.3 Å². The second-order valence-electron chi connectivity index (χ2n) is 2.85. The molecule has 14 heavy (non-hydrogen) atoms. The second-order valence-corrected chi connectivity index (χ2v) is 4.33. The summed E-state index contributed by atoms with van der Waals surface area (Å²) in [5.74, 6) is 0.354. The van der Waals surface area contributed by atoms with Gasteiger partial charge in [-0.3, -0.25) is 4.79 Å². The van der Waals surface area contributed by atoms with E-state index >= 15 is 0 Å². The van der Waals surface area contributed by atoms with Crippen LogP contribution in [0.15, 0.2) is 33.2 Å². The van der Waals surface area contributed by atoms with Gasteiger partial charge in [0, 0.05) is 9.86 Å². The van der Waals surface area contributed by atoms with E-state index in [9.17, 15) is 4.79 Å². The van der Waals surface area contributed by atoms with E-state index in [0.717, 1.165) is 15.4 Å². The van der Waals surface area contributed by atoms with Crippen molar-refractivity contribution in [2.45, 2.75) is 0 Å². The maximum Gasteiger partial charge on any atom is 0.208 e. The first-order valence-electron chi connectivity index (χ1n) is 3.99. The fourth-order valence-electron chi connectivity index (χ4n) is 1.22. The Kier molecular flexibility index (Phi) is 2.74. The molecule has 0 saturated carbocycles. The van der Waals surface area contributed by atoms with E-state index in [0.29, 0.717) is 5.76 Å². The normalized spacial score (nSPS) is 10.7. The van der Waals surface area contributed by atoms with Gasteiger partial charge in [-0.1, -0.05) is 31.9 Å². The number of Topliss-reactive ketones (excluding diaryl/α,β-unsaturated/α-hetero) is 1. The summed E-state index contributed by atoms with van der Waals surface area (Å²) in [4.78, 5) is 11.3. The van der Waals surface area contributed by atoms with Gasteiger partial charge in [0.25, 0.3) is 0 Å². The van der Waals surface area contributed by atoms with Crippen LogP contribution in [0.3, 0.4) is 0 Å². The van der Waals surface area contributed by atoms with Crippen molar-refractivity contribution >= 4 is 48.6 Å². The molecule has 72 valence electrons. The first-order chi connectivity index (χ1) is 6.70. The molecule has 1 aromatic heterocycles. The van der Waals surface area contributed by atoms with Gasteiger partial charge in [-0.25, -0.2) is 0 Å². The Morgan fingerprint density at radius 1 is 1.36 bits per heavy atom. The number of ketones is 1. The fourth-order valence-corrected chi connectivity index (χ4v) is 1.87. The highest BCUT2D eigenvalue weighted by atomic mass is 79.9. The average Bonchev–Trinajstić information content (AvgIpc) is 2.59. The van der Waals surface area contributed by atoms with Crippen LogP contribution in [0.2, 0.25) is 0 Å². The van der Waals surface area contributed by atoms with Gasteiger partial charge in [-0.2, -0.15) is 0 Å². The SMILES string of the molecule is O=C(CBr)c1cc2cc(Br)ccc2o1. The minimum Gasteiger partial charge on any atom is -0.453 e. The van der Waals surface area contributed by atoms with Crippen molar-refractivity contribution in [3.63, 3.8) is 0 Å². The monoisotopic (exact) mass is 316 g/mol. The number of alkyl halides is 1. The minimum atomic E-state index is -0.0441. The Labute approximate surface area is 97.5 Å². The van der Waals surface area contributed by atoms with E-state index < -0.39 is 0 Å². The smallest absolute Gasteiger partial charge is 0.208 e. The van der Waals surface area contributed by atoms with Crippen molar-refractivity contribution < 1.29 is 9.21 Å². The summed E-state index contributed by atoms with van der Waals surface area (Å²) in [6.45, 7) is 0. The van der Waals surface area contributed by atoms with Crippen molar-refractivity contribution in [2.75, 3.05) is 5.33 Å². The summed E-state index contributed by atoms with van der Waals surface area (Å²) in [6.07, 6.45) is 0. The first-order valence-corrected chi connectivity index (χ1v) is 5.90. The number of carbonyl (C=O) groups is 1. The predicted octanol–water partition coefficient (Wildman–Crippen LogP) is 3.77. The lowest BCUT2D eigenvalue weighted by Crippen LogP contribution is -1.96. The van der Waals surface area contributed by atoms with Crippen LogP contribution in [-0.2, 0) is 0 Å². The van der Waals surface area contributed by atoms with E-state index in [2.05, 4.69) is 31.9 Å². The van der Waals surface area contributed by atoms with Crippen molar-refractivity contribution in [3.05, 3.63) is 34.5 Å². The number of hydrogen-bond acceptors (Lipinski definition) is 2. The van der Waals surface area contributed by atoms with Crippen molar-refractivity contribution in [1.29, 1.82) is 0 Å². The van der Waals surface area contributed by atoms with Crippen LogP contribution in [0.4, 0.5) is 0 Å². The molecule has 0 saturated heterocycles. The molecule has 0 radical (unpaired) electrons. The summed E-state index contributed by atoms with van der Waals surface area (Å²) in [7, 11) is 0. The Morgan fingerprint density at radius 2 is 2.14 bits per heavy atom. The third kappa shape index (κ3) is 1.77. The molecule has 1 heterocycles. The van der Waals surface area contributed by atoms with Gasteiger partial charge in [0.05, 0.1) is 5.33 Å². The number of benzene rings is 1. The maximum absolute atomic E-state index is 11.3. The van der Waals surface area contributed by atoms with Crippen LogP contribution in [0.25, 0.3) is 11.0 Å². The lowest BCUT2D eigenvalue weighted by Gasteiger charge is -1.88. The minimum absolute atomic E-state index is 0.0441. The highest BCUT2D eigenvalue weighted by Crippen LogP contribution is 2.23. The third-order valence-corrected chi connectivity index (χ3v) is 2.88. The van der Waals surface area contributed by atoms with Crippen LogP contribution in [0.1, 0.15) is 10.6 Å². The Balaban J connectivity index is 2.56. The quantitative estimate of drug-likeness (QED) is 0.623. The fraction of sp³-hybridized carbons (Fsp3) is 0.100. The molecule has 0 bridgehead atoms. The van der Waals surface area contributed by atoms with Crippen LogP contribution in [0, 0.1) is 0 Å². The van der Waals surface area contributed by atoms with Gasteiger partial charge in [-0.15, -0.1) is 0 Å². The molecule has 2 nitrogen and oxygen atoms in total. The summed E-state index contributed by atoms with van der Waals surface area (Å²) >= 11 is 6.46. The number of halogens is 2. The predicted molar refractivity (Wildman–Crippen MR) is 62.0 cm³/mol. The summed E-state index contributed by atoms with van der Waals surface area (Å²) < 4.78 is 6.35. The Hall–Kier alpha value is -0.610. The standard InChI is InChI=1S/C10H6Br2O2/c11-5-8(13)10-4-6-3-7(12)1-2-9(6)14-10/h1-4H,5H2. The number of carbonyl (C=O) groups excluding carboxylic acids is 1. The molecule has 0 unspecified atom stereocenters. The molecule has 0 spiro atoms. The molecule has 0 amide bonds. The molecule has 4 heteroatoms. The van der Waals surface area contributed by atoms with Gasteiger partial charge in [0.1, 0.15) is 5.58 Å². The number of fused-ring (bicyclic) bond motifs is 1. The second kappa shape index (κ2) is 3.87. The Bertz CT molecular complexity index is 488. The molecule has 1 aromatic carbocycles. The maximum atomic E-state index is 11.3. The highest BCUT2D eigenvalue weighted by Gasteiger charge is 2.10. The van der Waals surface area contributed by atoms with Crippen LogP contribution >= 0.6 is 31.9 Å². The zero-order valence-electron chi connectivity index (χ0n) is 7.09. The largest absolute Gasteiger partial charge is 0.453 e. The molecular formula is C10H6Br2O2. The summed E-state index contributed by atoms with van der Waals surface area (Å²) in [5.41, 5.74) is 0.734. The Morgan fingerprint density at radius 3 is 2.86 bits per heavy atom. The van der Waals surface area contributed by atoms with Crippen LogP contribution in [-0.4, -0.2) is 11.1 Å². The van der Waals surface area contributed by atoms with Gasteiger partial charge in [0.2, 0.25) is 5.78 Å². The highest BCUT2D eigenvalue weighted by molar-refractivity contribution is 9.10. The van der Waals surface area contributed by atoms with E-state index in [1.54, 1.807) is 6.07 Å². The summed E-state index contributed by atoms with van der Waals surface area (Å²) in [5, 5.41) is 1.22. The average molecular weight is 318 g/mol. The number of hydrogen-bond donors (Lipinski definition) is 0. The van der Waals surface area contributed by atoms with E-state index in [4.69, 9.17) is 4.42 Å². The third-order valence-electron chi connectivity index (χ3n) is 1.87. The lowest BCUT2D eigenvalue weighted by atomic mass is 10.2. The zero-order valence-corrected chi connectivity index (χ0v) is 10.3. The lowest BCUT2D eigenvalue weighted by molar-refractivity contribution is 0.0995. The van der Waals surface area contributed by atoms with Crippen LogP contribution < -0.4 is 0 Å². The topological polar surface area (TPSA) is 30.2 Å². The number of rotatable bonds is 2. The van der Waals surface area contributed by atoms with Crippen molar-refractivity contribution in [1.82, 2.24) is 0 Å². The zero-order chi connectivity index (χ0) is 10.1. The molecule has 2 rings (SSSR count). The van der Waals surface area contributed by atoms with E-state index in [1.165, 1.54) is 0 Å².